The maximum atomic E-state index is 13.4. The molecule has 2 aromatic rings. The van der Waals surface area contributed by atoms with Crippen LogP contribution in [0.1, 0.15) is 29.3 Å². The number of ether oxygens (including phenoxy) is 1. The van der Waals surface area contributed by atoms with E-state index in [4.69, 9.17) is 9.73 Å². The zero-order valence-corrected chi connectivity index (χ0v) is 15.2. The van der Waals surface area contributed by atoms with Gasteiger partial charge in [0, 0.05) is 16.8 Å². The molecular formula is C18H18FN3O2S. The summed E-state index contributed by atoms with van der Waals surface area (Å²) in [4.78, 5) is 22.6. The van der Waals surface area contributed by atoms with Gasteiger partial charge in [-0.2, -0.15) is 0 Å². The van der Waals surface area contributed by atoms with E-state index in [1.807, 2.05) is 13.8 Å². The molecule has 0 amide bonds. The number of amidine groups is 1. The first-order valence-corrected chi connectivity index (χ1v) is 8.52. The first kappa shape index (κ1) is 17.3. The van der Waals surface area contributed by atoms with Gasteiger partial charge in [-0.15, -0.1) is 11.3 Å². The summed E-state index contributed by atoms with van der Waals surface area (Å²) in [5.74, 6) is -0.244. The van der Waals surface area contributed by atoms with Crippen LogP contribution in [0, 0.1) is 12.7 Å². The molecule has 5 nitrogen and oxygen atoms in total. The number of carbonyl (C=O) groups excluding carboxylic acids is 1. The Labute approximate surface area is 149 Å². The molecule has 2 heterocycles. The number of allylic oxidation sites excluding steroid dienone is 1. The van der Waals surface area contributed by atoms with Crippen LogP contribution >= 0.6 is 11.3 Å². The van der Waals surface area contributed by atoms with Gasteiger partial charge in [-0.3, -0.25) is 0 Å². The number of aryl methyl sites for hydroxylation is 1. The number of nitrogens with zero attached hydrogens (tertiary/aromatic N) is 2. The standard InChI is InChI=1S/C18H18FN3O2S/c1-10-9-20-16(25-10)15-21-11(2)14(17(23)24-4)18(3,22-15)12-5-7-13(19)8-6-12/h5-9H,1-4H3,(H,21,22). The van der Waals surface area contributed by atoms with Crippen molar-refractivity contribution in [3.63, 3.8) is 0 Å². The van der Waals surface area contributed by atoms with E-state index in [1.165, 1.54) is 30.6 Å². The van der Waals surface area contributed by atoms with E-state index in [9.17, 15) is 9.18 Å². The molecule has 1 atom stereocenters. The van der Waals surface area contributed by atoms with Gasteiger partial charge in [0.25, 0.3) is 0 Å². The summed E-state index contributed by atoms with van der Waals surface area (Å²) >= 11 is 1.51. The molecule has 1 N–H and O–H groups in total. The molecule has 1 aromatic heterocycles. The fraction of sp³-hybridized carbons (Fsp3) is 0.278. The average molecular weight is 359 g/mol. The highest BCUT2D eigenvalue weighted by Crippen LogP contribution is 2.38. The zero-order chi connectivity index (χ0) is 18.2. The Morgan fingerprint density at radius 2 is 1.96 bits per heavy atom. The lowest BCUT2D eigenvalue weighted by Crippen LogP contribution is -2.40. The van der Waals surface area contributed by atoms with E-state index < -0.39 is 11.5 Å². The summed E-state index contributed by atoms with van der Waals surface area (Å²) in [7, 11) is 1.33. The predicted molar refractivity (Wildman–Crippen MR) is 95.0 cm³/mol. The van der Waals surface area contributed by atoms with Gasteiger partial charge in [0.05, 0.1) is 12.7 Å². The summed E-state index contributed by atoms with van der Waals surface area (Å²) in [5.41, 5.74) is 0.710. The minimum Gasteiger partial charge on any atom is -0.466 e. The minimum absolute atomic E-state index is 0.346. The number of carbonyl (C=O) groups is 1. The van der Waals surface area contributed by atoms with Crippen molar-refractivity contribution in [2.24, 2.45) is 4.99 Å². The van der Waals surface area contributed by atoms with E-state index in [0.717, 1.165) is 9.88 Å². The fourth-order valence-electron chi connectivity index (χ4n) is 2.92. The third-order valence-electron chi connectivity index (χ3n) is 4.12. The van der Waals surface area contributed by atoms with E-state index >= 15 is 0 Å². The van der Waals surface area contributed by atoms with Crippen molar-refractivity contribution in [3.8, 4) is 0 Å². The Bertz CT molecular complexity index is 886. The van der Waals surface area contributed by atoms with Gasteiger partial charge in [-0.25, -0.2) is 19.2 Å². The van der Waals surface area contributed by atoms with Crippen molar-refractivity contribution in [2.75, 3.05) is 7.11 Å². The molecule has 0 fully saturated rings. The molecule has 0 saturated carbocycles. The summed E-state index contributed by atoms with van der Waals surface area (Å²) in [6, 6.07) is 5.97. The van der Waals surface area contributed by atoms with Crippen molar-refractivity contribution >= 4 is 23.1 Å². The molecule has 3 rings (SSSR count). The van der Waals surface area contributed by atoms with Gasteiger partial charge in [0.2, 0.25) is 0 Å². The Morgan fingerprint density at radius 3 is 2.52 bits per heavy atom. The third kappa shape index (κ3) is 3.07. The number of hydrogen-bond acceptors (Lipinski definition) is 6. The molecule has 1 aliphatic rings. The molecule has 1 unspecified atom stereocenters. The van der Waals surface area contributed by atoms with Crippen LogP contribution in [0.5, 0.6) is 0 Å². The monoisotopic (exact) mass is 359 g/mol. The molecule has 130 valence electrons. The molecule has 0 spiro atoms. The highest BCUT2D eigenvalue weighted by molar-refractivity contribution is 7.13. The van der Waals surface area contributed by atoms with E-state index in [1.54, 1.807) is 25.3 Å². The van der Waals surface area contributed by atoms with Crippen molar-refractivity contribution in [1.29, 1.82) is 0 Å². The van der Waals surface area contributed by atoms with Gasteiger partial charge in [0.15, 0.2) is 10.8 Å². The Kier molecular flexibility index (Phi) is 4.43. The Hall–Kier alpha value is -2.54. The highest BCUT2D eigenvalue weighted by atomic mass is 32.1. The van der Waals surface area contributed by atoms with Gasteiger partial charge in [-0.05, 0) is 38.5 Å². The number of hydrogen-bond donors (Lipinski definition) is 1. The van der Waals surface area contributed by atoms with Gasteiger partial charge in [0.1, 0.15) is 11.4 Å². The fourth-order valence-corrected chi connectivity index (χ4v) is 3.62. The van der Waals surface area contributed by atoms with Crippen LogP contribution in [-0.2, 0) is 15.1 Å². The highest BCUT2D eigenvalue weighted by Gasteiger charge is 2.41. The Morgan fingerprint density at radius 1 is 1.28 bits per heavy atom. The summed E-state index contributed by atoms with van der Waals surface area (Å²) in [6.45, 7) is 5.58. The van der Waals surface area contributed by atoms with Crippen molar-refractivity contribution < 1.29 is 13.9 Å². The zero-order valence-electron chi connectivity index (χ0n) is 14.4. The van der Waals surface area contributed by atoms with Crippen molar-refractivity contribution in [1.82, 2.24) is 10.3 Å². The van der Waals surface area contributed by atoms with Crippen LogP contribution in [0.15, 0.2) is 46.7 Å². The second-order valence-electron chi connectivity index (χ2n) is 5.93. The van der Waals surface area contributed by atoms with Crippen LogP contribution in [0.3, 0.4) is 0 Å². The first-order valence-electron chi connectivity index (χ1n) is 7.70. The predicted octanol–water partition coefficient (Wildman–Crippen LogP) is 3.30. The summed E-state index contributed by atoms with van der Waals surface area (Å²) < 4.78 is 18.3. The number of aromatic nitrogens is 1. The summed E-state index contributed by atoms with van der Waals surface area (Å²) in [5, 5.41) is 3.88. The van der Waals surface area contributed by atoms with E-state index in [0.29, 0.717) is 22.7 Å². The summed E-state index contributed by atoms with van der Waals surface area (Å²) in [6.07, 6.45) is 1.77. The average Bonchev–Trinajstić information content (AvgIpc) is 3.01. The third-order valence-corrected chi connectivity index (χ3v) is 5.04. The van der Waals surface area contributed by atoms with Gasteiger partial charge < -0.3 is 10.1 Å². The van der Waals surface area contributed by atoms with Crippen LogP contribution in [-0.4, -0.2) is 23.9 Å². The molecule has 1 aliphatic heterocycles. The number of esters is 1. The number of thiazole rings is 1. The number of methoxy groups -OCH3 is 1. The largest absolute Gasteiger partial charge is 0.466 e. The lowest BCUT2D eigenvalue weighted by Gasteiger charge is -2.33. The Balaban J connectivity index is 2.18. The molecule has 0 bridgehead atoms. The molecule has 0 radical (unpaired) electrons. The second-order valence-corrected chi connectivity index (χ2v) is 7.17. The maximum absolute atomic E-state index is 13.4. The topological polar surface area (TPSA) is 63.6 Å². The number of rotatable bonds is 3. The van der Waals surface area contributed by atoms with Crippen molar-refractivity contribution in [2.45, 2.75) is 26.3 Å². The van der Waals surface area contributed by atoms with E-state index in [2.05, 4.69) is 10.3 Å². The minimum atomic E-state index is -1.01. The van der Waals surface area contributed by atoms with Crippen molar-refractivity contribution in [3.05, 3.63) is 63.0 Å². The lowest BCUT2D eigenvalue weighted by atomic mass is 9.82. The van der Waals surface area contributed by atoms with Crippen LogP contribution in [0.25, 0.3) is 0 Å². The number of aliphatic imine (C=N–C) groups is 1. The SMILES string of the molecule is COC(=O)C1=C(C)NC(c2ncc(C)s2)=NC1(C)c1ccc(F)cc1. The molecule has 25 heavy (non-hydrogen) atoms. The molecule has 1 aromatic carbocycles. The van der Waals surface area contributed by atoms with E-state index in [-0.39, 0.29) is 5.82 Å². The van der Waals surface area contributed by atoms with Gasteiger partial charge >= 0.3 is 5.97 Å². The number of benzene rings is 1. The smallest absolute Gasteiger partial charge is 0.338 e. The molecule has 0 aliphatic carbocycles. The van der Waals surface area contributed by atoms with Crippen LogP contribution in [0.4, 0.5) is 4.39 Å². The van der Waals surface area contributed by atoms with Crippen LogP contribution < -0.4 is 5.32 Å². The molecular weight excluding hydrogens is 341 g/mol. The molecule has 0 saturated heterocycles. The van der Waals surface area contributed by atoms with Crippen LogP contribution in [0.2, 0.25) is 0 Å². The number of halogens is 1. The normalized spacial score (nSPS) is 20.1. The molecule has 7 heteroatoms. The lowest BCUT2D eigenvalue weighted by molar-refractivity contribution is -0.137. The van der Waals surface area contributed by atoms with Gasteiger partial charge in [-0.1, -0.05) is 12.1 Å². The maximum Gasteiger partial charge on any atom is 0.338 e. The first-order chi connectivity index (χ1) is 11.8. The quantitative estimate of drug-likeness (QED) is 0.854. The second kappa shape index (κ2) is 6.40. The number of nitrogens with one attached hydrogen (secondary N) is 1.